The highest BCUT2D eigenvalue weighted by Gasteiger charge is 2.13. The minimum Gasteiger partial charge on any atom is -0.507 e. The number of phenols is 1. The summed E-state index contributed by atoms with van der Waals surface area (Å²) in [6.45, 7) is 6.30. The Balaban J connectivity index is 2.69. The van der Waals surface area contributed by atoms with Gasteiger partial charge in [0.1, 0.15) is 11.5 Å². The maximum atomic E-state index is 11.8. The summed E-state index contributed by atoms with van der Waals surface area (Å²) in [6, 6.07) is 5.34. The van der Waals surface area contributed by atoms with Crippen LogP contribution in [0.5, 0.6) is 11.5 Å². The van der Waals surface area contributed by atoms with Gasteiger partial charge >= 0.3 is 0 Å². The molecule has 0 unspecified atom stereocenters. The Hall–Kier alpha value is -1.75. The third-order valence-corrected chi connectivity index (χ3v) is 3.23. The van der Waals surface area contributed by atoms with Gasteiger partial charge in [-0.05, 0) is 19.0 Å². The maximum Gasteiger partial charge on any atom is 0.236 e. The minimum absolute atomic E-state index is 0.0549. The number of amides is 1. The fourth-order valence-corrected chi connectivity index (χ4v) is 1.84. The van der Waals surface area contributed by atoms with Crippen molar-refractivity contribution in [1.82, 2.24) is 9.80 Å². The van der Waals surface area contributed by atoms with Crippen LogP contribution in [0.25, 0.3) is 0 Å². The molecule has 0 aromatic heterocycles. The number of carbonyl (C=O) groups excluding carboxylic acids is 1. The molecule has 0 atom stereocenters. The molecule has 0 fully saturated rings. The Morgan fingerprint density at radius 1 is 1.29 bits per heavy atom. The predicted molar refractivity (Wildman–Crippen MR) is 83.5 cm³/mol. The van der Waals surface area contributed by atoms with Crippen molar-refractivity contribution in [3.63, 3.8) is 0 Å². The van der Waals surface area contributed by atoms with Gasteiger partial charge in [0.15, 0.2) is 0 Å². The number of carbonyl (C=O) groups is 1. The molecule has 0 saturated heterocycles. The van der Waals surface area contributed by atoms with E-state index in [1.807, 2.05) is 30.9 Å². The lowest BCUT2D eigenvalue weighted by atomic mass is 10.1. The van der Waals surface area contributed by atoms with Crippen molar-refractivity contribution in [2.24, 2.45) is 0 Å². The number of hydrogen-bond acceptors (Lipinski definition) is 4. The summed E-state index contributed by atoms with van der Waals surface area (Å²) in [5.74, 6) is 0.934. The van der Waals surface area contributed by atoms with E-state index < -0.39 is 0 Å². The SMILES string of the molecule is CCCOc1ccc(CN(CC)CC(=O)N(C)C)c(O)c1. The first kappa shape index (κ1) is 17.3. The van der Waals surface area contributed by atoms with Crippen molar-refractivity contribution in [1.29, 1.82) is 0 Å². The number of rotatable bonds is 8. The largest absolute Gasteiger partial charge is 0.507 e. The van der Waals surface area contributed by atoms with Gasteiger partial charge in [-0.25, -0.2) is 0 Å². The second-order valence-electron chi connectivity index (χ2n) is 5.23. The summed E-state index contributed by atoms with van der Waals surface area (Å²) in [6.07, 6.45) is 0.929. The molecule has 0 aliphatic rings. The van der Waals surface area contributed by atoms with Gasteiger partial charge in [0.2, 0.25) is 5.91 Å². The zero-order chi connectivity index (χ0) is 15.8. The van der Waals surface area contributed by atoms with E-state index in [0.717, 1.165) is 18.5 Å². The molecule has 0 spiro atoms. The van der Waals surface area contributed by atoms with E-state index in [1.165, 1.54) is 0 Å². The van der Waals surface area contributed by atoms with Crippen LogP contribution in [0.4, 0.5) is 0 Å². The topological polar surface area (TPSA) is 53.0 Å². The summed E-state index contributed by atoms with van der Waals surface area (Å²) in [5.41, 5.74) is 0.798. The summed E-state index contributed by atoms with van der Waals surface area (Å²) < 4.78 is 5.48. The van der Waals surface area contributed by atoms with Gasteiger partial charge in [-0.3, -0.25) is 9.69 Å². The summed E-state index contributed by atoms with van der Waals surface area (Å²) >= 11 is 0. The fourth-order valence-electron chi connectivity index (χ4n) is 1.84. The van der Waals surface area contributed by atoms with Crippen LogP contribution in [-0.2, 0) is 11.3 Å². The molecule has 118 valence electrons. The molecule has 0 radical (unpaired) electrons. The number of likely N-dealkylation sites (N-methyl/N-ethyl adjacent to an activating group) is 2. The van der Waals surface area contributed by atoms with Crippen molar-refractivity contribution in [3.05, 3.63) is 23.8 Å². The molecular weight excluding hydrogens is 268 g/mol. The molecule has 5 nitrogen and oxygen atoms in total. The first-order chi connectivity index (χ1) is 9.97. The second-order valence-corrected chi connectivity index (χ2v) is 5.23. The first-order valence-electron chi connectivity index (χ1n) is 7.35. The minimum atomic E-state index is 0.0549. The third-order valence-electron chi connectivity index (χ3n) is 3.23. The summed E-state index contributed by atoms with van der Waals surface area (Å²) in [4.78, 5) is 15.3. The zero-order valence-electron chi connectivity index (χ0n) is 13.4. The third kappa shape index (κ3) is 5.63. The van der Waals surface area contributed by atoms with Crippen molar-refractivity contribution >= 4 is 5.91 Å². The maximum absolute atomic E-state index is 11.8. The van der Waals surface area contributed by atoms with E-state index in [0.29, 0.717) is 25.4 Å². The van der Waals surface area contributed by atoms with E-state index in [2.05, 4.69) is 0 Å². The molecule has 1 amide bonds. The van der Waals surface area contributed by atoms with Gasteiger partial charge in [0.25, 0.3) is 0 Å². The lowest BCUT2D eigenvalue weighted by Gasteiger charge is -2.22. The molecule has 0 saturated carbocycles. The monoisotopic (exact) mass is 294 g/mol. The molecule has 1 N–H and O–H groups in total. The van der Waals surface area contributed by atoms with E-state index in [1.54, 1.807) is 25.1 Å². The molecule has 0 heterocycles. The van der Waals surface area contributed by atoms with Crippen LogP contribution >= 0.6 is 0 Å². The van der Waals surface area contributed by atoms with Crippen molar-refractivity contribution in [3.8, 4) is 11.5 Å². The molecule has 5 heteroatoms. The van der Waals surface area contributed by atoms with Gasteiger partial charge in [0.05, 0.1) is 13.2 Å². The Morgan fingerprint density at radius 2 is 2.00 bits per heavy atom. The smallest absolute Gasteiger partial charge is 0.236 e. The first-order valence-corrected chi connectivity index (χ1v) is 7.35. The molecule has 1 aromatic rings. The van der Waals surface area contributed by atoms with Crippen LogP contribution in [0, 0.1) is 0 Å². The molecule has 1 aromatic carbocycles. The number of phenolic OH excluding ortho intramolecular Hbond substituents is 1. The standard InChI is InChI=1S/C16H26N2O3/c1-5-9-21-14-8-7-13(15(19)10-14)11-18(6-2)12-16(20)17(3)4/h7-8,10,19H,5-6,9,11-12H2,1-4H3. The van der Waals surface area contributed by atoms with Crippen LogP contribution in [0.2, 0.25) is 0 Å². The van der Waals surface area contributed by atoms with Gasteiger partial charge < -0.3 is 14.7 Å². The van der Waals surface area contributed by atoms with Crippen molar-refractivity contribution < 1.29 is 14.6 Å². The van der Waals surface area contributed by atoms with Crippen LogP contribution in [0.3, 0.4) is 0 Å². The van der Waals surface area contributed by atoms with Gasteiger partial charge in [-0.2, -0.15) is 0 Å². The van der Waals surface area contributed by atoms with Gasteiger partial charge in [0, 0.05) is 32.3 Å². The number of benzene rings is 1. The number of ether oxygens (including phenoxy) is 1. The molecule has 1 rings (SSSR count). The van der Waals surface area contributed by atoms with Crippen LogP contribution in [-0.4, -0.2) is 54.6 Å². The molecule has 0 bridgehead atoms. The quantitative estimate of drug-likeness (QED) is 0.797. The normalized spacial score (nSPS) is 10.7. The highest BCUT2D eigenvalue weighted by molar-refractivity contribution is 5.77. The zero-order valence-corrected chi connectivity index (χ0v) is 13.4. The van der Waals surface area contributed by atoms with E-state index >= 15 is 0 Å². The number of hydrogen-bond donors (Lipinski definition) is 1. The molecular formula is C16H26N2O3. The van der Waals surface area contributed by atoms with E-state index in [-0.39, 0.29) is 11.7 Å². The molecule has 0 aliphatic carbocycles. The lowest BCUT2D eigenvalue weighted by molar-refractivity contribution is -0.130. The van der Waals surface area contributed by atoms with E-state index in [9.17, 15) is 9.90 Å². The Morgan fingerprint density at radius 3 is 2.52 bits per heavy atom. The van der Waals surface area contributed by atoms with Gasteiger partial charge in [-0.15, -0.1) is 0 Å². The van der Waals surface area contributed by atoms with E-state index in [4.69, 9.17) is 4.74 Å². The number of aromatic hydroxyl groups is 1. The average molecular weight is 294 g/mol. The summed E-state index contributed by atoms with van der Waals surface area (Å²) in [7, 11) is 3.49. The molecule has 0 aliphatic heterocycles. The number of nitrogens with zero attached hydrogens (tertiary/aromatic N) is 2. The van der Waals surface area contributed by atoms with Crippen molar-refractivity contribution in [2.75, 3.05) is 33.8 Å². The molecule has 21 heavy (non-hydrogen) atoms. The highest BCUT2D eigenvalue weighted by Crippen LogP contribution is 2.25. The van der Waals surface area contributed by atoms with Crippen LogP contribution in [0.1, 0.15) is 25.8 Å². The van der Waals surface area contributed by atoms with Crippen LogP contribution in [0.15, 0.2) is 18.2 Å². The van der Waals surface area contributed by atoms with Crippen LogP contribution < -0.4 is 4.74 Å². The Bertz CT molecular complexity index is 461. The highest BCUT2D eigenvalue weighted by atomic mass is 16.5. The predicted octanol–water partition coefficient (Wildman–Crippen LogP) is 2.09. The van der Waals surface area contributed by atoms with Gasteiger partial charge in [-0.1, -0.05) is 19.9 Å². The Kier molecular flexibility index (Phi) is 7.02. The Labute approximate surface area is 127 Å². The summed E-state index contributed by atoms with van der Waals surface area (Å²) in [5, 5.41) is 10.1. The van der Waals surface area contributed by atoms with Crippen molar-refractivity contribution in [2.45, 2.75) is 26.8 Å². The second kappa shape index (κ2) is 8.52. The average Bonchev–Trinajstić information content (AvgIpc) is 2.46. The lowest BCUT2D eigenvalue weighted by Crippen LogP contribution is -2.36. The fraction of sp³-hybridized carbons (Fsp3) is 0.562.